The van der Waals surface area contributed by atoms with Crippen molar-refractivity contribution in [1.82, 2.24) is 14.9 Å². The quantitative estimate of drug-likeness (QED) is 0.836. The molecule has 4 rings (SSSR count). The van der Waals surface area contributed by atoms with Crippen LogP contribution < -0.4 is 10.6 Å². The zero-order chi connectivity index (χ0) is 19.7. The van der Waals surface area contributed by atoms with Crippen LogP contribution in [0, 0.1) is 19.3 Å². The number of amides is 1. The average molecular weight is 388 g/mol. The minimum absolute atomic E-state index is 0.0272. The summed E-state index contributed by atoms with van der Waals surface area (Å²) in [5, 5.41) is 0. The minimum Gasteiger partial charge on any atom is -0.381 e. The molecule has 0 bridgehead atoms. The standard InChI is InChI=1S/C21H33N5O2/c1-15-16(2)23-18(24-19(15)25-10-5-17(22)13-25)20(27)26-9-4-3-6-21(14-26)7-11-28-12-8-21/h17H,3-14,22H2,1-2H3/t17-/m1/s1. The molecule has 1 atom stereocenters. The van der Waals surface area contributed by atoms with Gasteiger partial charge in [-0.05, 0) is 51.4 Å². The lowest BCUT2D eigenvalue weighted by Gasteiger charge is -2.39. The van der Waals surface area contributed by atoms with Gasteiger partial charge in [0.05, 0.1) is 0 Å². The number of anilines is 1. The lowest BCUT2D eigenvalue weighted by Crippen LogP contribution is -2.43. The highest BCUT2D eigenvalue weighted by Gasteiger charge is 2.38. The van der Waals surface area contributed by atoms with E-state index in [1.165, 1.54) is 12.8 Å². The fourth-order valence-electron chi connectivity index (χ4n) is 4.89. The highest BCUT2D eigenvalue weighted by molar-refractivity contribution is 5.91. The summed E-state index contributed by atoms with van der Waals surface area (Å²) < 4.78 is 5.58. The third-order valence-electron chi connectivity index (χ3n) is 6.83. The van der Waals surface area contributed by atoms with Crippen LogP contribution in [0.3, 0.4) is 0 Å². The van der Waals surface area contributed by atoms with Gasteiger partial charge in [0.2, 0.25) is 5.82 Å². The first-order valence-corrected chi connectivity index (χ1v) is 10.7. The van der Waals surface area contributed by atoms with Crippen LogP contribution >= 0.6 is 0 Å². The van der Waals surface area contributed by atoms with Crippen LogP contribution in [-0.4, -0.2) is 66.2 Å². The molecule has 7 nitrogen and oxygen atoms in total. The second kappa shape index (κ2) is 7.95. The number of rotatable bonds is 2. The molecule has 3 saturated heterocycles. The van der Waals surface area contributed by atoms with Crippen LogP contribution in [0.5, 0.6) is 0 Å². The van der Waals surface area contributed by atoms with Gasteiger partial charge in [-0.1, -0.05) is 6.42 Å². The molecule has 154 valence electrons. The van der Waals surface area contributed by atoms with E-state index in [1.54, 1.807) is 0 Å². The Hall–Kier alpha value is -1.73. The van der Waals surface area contributed by atoms with Crippen molar-refractivity contribution in [2.24, 2.45) is 11.1 Å². The van der Waals surface area contributed by atoms with E-state index in [1.807, 2.05) is 18.7 Å². The van der Waals surface area contributed by atoms with Gasteiger partial charge < -0.3 is 20.3 Å². The molecular formula is C21H33N5O2. The van der Waals surface area contributed by atoms with Crippen LogP contribution in [0.4, 0.5) is 5.82 Å². The maximum absolute atomic E-state index is 13.4. The molecule has 3 aliphatic heterocycles. The molecule has 0 saturated carbocycles. The largest absolute Gasteiger partial charge is 0.381 e. The molecule has 1 amide bonds. The molecule has 0 unspecified atom stereocenters. The average Bonchev–Trinajstić information content (AvgIpc) is 3.02. The second-order valence-electron chi connectivity index (χ2n) is 8.87. The lowest BCUT2D eigenvalue weighted by molar-refractivity contribution is -0.00206. The van der Waals surface area contributed by atoms with E-state index in [2.05, 4.69) is 9.88 Å². The van der Waals surface area contributed by atoms with E-state index in [4.69, 9.17) is 15.5 Å². The first-order chi connectivity index (χ1) is 13.5. The van der Waals surface area contributed by atoms with E-state index in [0.717, 1.165) is 82.2 Å². The smallest absolute Gasteiger partial charge is 0.291 e. The Morgan fingerprint density at radius 1 is 1.14 bits per heavy atom. The van der Waals surface area contributed by atoms with Gasteiger partial charge in [0.1, 0.15) is 5.82 Å². The fraction of sp³-hybridized carbons (Fsp3) is 0.762. The highest BCUT2D eigenvalue weighted by atomic mass is 16.5. The van der Waals surface area contributed by atoms with Gasteiger partial charge >= 0.3 is 0 Å². The third-order valence-corrected chi connectivity index (χ3v) is 6.83. The molecule has 3 aliphatic rings. The molecule has 1 spiro atoms. The number of likely N-dealkylation sites (tertiary alicyclic amines) is 1. The fourth-order valence-corrected chi connectivity index (χ4v) is 4.89. The summed E-state index contributed by atoms with van der Waals surface area (Å²) in [5.74, 6) is 1.18. The van der Waals surface area contributed by atoms with Gasteiger partial charge in [-0.15, -0.1) is 0 Å². The molecule has 0 aliphatic carbocycles. The Labute approximate surface area is 167 Å². The van der Waals surface area contributed by atoms with Crippen molar-refractivity contribution in [2.45, 2.75) is 58.4 Å². The minimum atomic E-state index is -0.0272. The van der Waals surface area contributed by atoms with Crippen molar-refractivity contribution < 1.29 is 9.53 Å². The van der Waals surface area contributed by atoms with Crippen LogP contribution in [0.1, 0.15) is 60.4 Å². The number of nitrogens with two attached hydrogens (primary N) is 1. The van der Waals surface area contributed by atoms with Crippen molar-refractivity contribution in [3.63, 3.8) is 0 Å². The summed E-state index contributed by atoms with van der Waals surface area (Å²) in [5.41, 5.74) is 8.22. The van der Waals surface area contributed by atoms with Gasteiger partial charge in [0.25, 0.3) is 5.91 Å². The zero-order valence-electron chi connectivity index (χ0n) is 17.2. The van der Waals surface area contributed by atoms with Crippen LogP contribution in [0.15, 0.2) is 0 Å². The van der Waals surface area contributed by atoms with Crippen molar-refractivity contribution >= 4 is 11.7 Å². The Morgan fingerprint density at radius 3 is 2.64 bits per heavy atom. The zero-order valence-corrected chi connectivity index (χ0v) is 17.2. The molecule has 4 heterocycles. The van der Waals surface area contributed by atoms with E-state index in [-0.39, 0.29) is 17.4 Å². The third kappa shape index (κ3) is 3.87. The van der Waals surface area contributed by atoms with Gasteiger partial charge in [0, 0.05) is 56.7 Å². The molecule has 1 aromatic heterocycles. The van der Waals surface area contributed by atoms with E-state index in [0.29, 0.717) is 5.82 Å². The van der Waals surface area contributed by atoms with Crippen LogP contribution in [0.25, 0.3) is 0 Å². The van der Waals surface area contributed by atoms with Gasteiger partial charge in [-0.25, -0.2) is 9.97 Å². The van der Waals surface area contributed by atoms with Crippen LogP contribution in [-0.2, 0) is 4.74 Å². The van der Waals surface area contributed by atoms with Crippen molar-refractivity contribution in [3.8, 4) is 0 Å². The summed E-state index contributed by atoms with van der Waals surface area (Å²) in [4.78, 5) is 26.9. The van der Waals surface area contributed by atoms with Gasteiger partial charge in [-0.2, -0.15) is 0 Å². The van der Waals surface area contributed by atoms with E-state index in [9.17, 15) is 4.79 Å². The predicted molar refractivity (Wildman–Crippen MR) is 109 cm³/mol. The van der Waals surface area contributed by atoms with Gasteiger partial charge in [-0.3, -0.25) is 4.79 Å². The molecule has 7 heteroatoms. The number of hydrogen-bond donors (Lipinski definition) is 1. The lowest BCUT2D eigenvalue weighted by atomic mass is 9.76. The Kier molecular flexibility index (Phi) is 5.56. The summed E-state index contributed by atoms with van der Waals surface area (Å²) in [6, 6.07) is 0.174. The summed E-state index contributed by atoms with van der Waals surface area (Å²) in [6.45, 7) is 8.89. The summed E-state index contributed by atoms with van der Waals surface area (Å²) in [6.07, 6.45) is 6.46. The summed E-state index contributed by atoms with van der Waals surface area (Å²) in [7, 11) is 0. The first-order valence-electron chi connectivity index (χ1n) is 10.7. The number of ether oxygens (including phenoxy) is 1. The maximum Gasteiger partial charge on any atom is 0.291 e. The molecule has 0 aromatic carbocycles. The first kappa shape index (κ1) is 19.6. The Bertz CT molecular complexity index is 732. The normalized spacial score (nSPS) is 25.2. The predicted octanol–water partition coefficient (Wildman–Crippen LogP) is 2.05. The second-order valence-corrected chi connectivity index (χ2v) is 8.87. The number of nitrogens with zero attached hydrogens (tertiary/aromatic N) is 4. The Balaban J connectivity index is 1.59. The molecular weight excluding hydrogens is 354 g/mol. The molecule has 1 aromatic rings. The Morgan fingerprint density at radius 2 is 1.93 bits per heavy atom. The number of aryl methyl sites for hydroxylation is 1. The molecule has 3 fully saturated rings. The monoisotopic (exact) mass is 387 g/mol. The van der Waals surface area contributed by atoms with Crippen molar-refractivity contribution in [2.75, 3.05) is 44.3 Å². The van der Waals surface area contributed by atoms with Crippen LogP contribution in [0.2, 0.25) is 0 Å². The van der Waals surface area contributed by atoms with Crippen molar-refractivity contribution in [3.05, 3.63) is 17.1 Å². The molecule has 28 heavy (non-hydrogen) atoms. The summed E-state index contributed by atoms with van der Waals surface area (Å²) >= 11 is 0. The van der Waals surface area contributed by atoms with Crippen molar-refractivity contribution in [1.29, 1.82) is 0 Å². The van der Waals surface area contributed by atoms with E-state index >= 15 is 0 Å². The van der Waals surface area contributed by atoms with Gasteiger partial charge in [0.15, 0.2) is 0 Å². The molecule has 2 N–H and O–H groups in total. The number of carbonyl (C=O) groups is 1. The number of aromatic nitrogens is 2. The van der Waals surface area contributed by atoms with E-state index < -0.39 is 0 Å². The number of hydrogen-bond acceptors (Lipinski definition) is 6. The number of carbonyl (C=O) groups excluding carboxylic acids is 1. The highest BCUT2D eigenvalue weighted by Crippen LogP contribution is 2.39. The SMILES string of the molecule is Cc1nc(C(=O)N2CCCCC3(CCOCC3)C2)nc(N2CC[C@@H](N)C2)c1C. The maximum atomic E-state index is 13.4. The molecule has 0 radical (unpaired) electrons. The topological polar surface area (TPSA) is 84.6 Å².